The summed E-state index contributed by atoms with van der Waals surface area (Å²) < 4.78 is 9.74. The van der Waals surface area contributed by atoms with E-state index in [2.05, 4.69) is 0 Å². The molecule has 0 aliphatic heterocycles. The molecule has 0 fully saturated rings. The van der Waals surface area contributed by atoms with E-state index >= 15 is 0 Å². The van der Waals surface area contributed by atoms with Crippen molar-refractivity contribution in [3.8, 4) is 0 Å². The zero-order valence-corrected chi connectivity index (χ0v) is 13.0. The highest BCUT2D eigenvalue weighted by Gasteiger charge is 2.15. The lowest BCUT2D eigenvalue weighted by molar-refractivity contribution is -0.139. The van der Waals surface area contributed by atoms with Crippen molar-refractivity contribution in [2.45, 2.75) is 27.2 Å². The third-order valence-electron chi connectivity index (χ3n) is 2.88. The Morgan fingerprint density at radius 1 is 1.00 bits per heavy atom. The SMILES string of the molecule is CCOC(=O)/C(=C/Cc1ccc(C(=O)OCC)cc1)C(C)=O. The number of hydrogen-bond acceptors (Lipinski definition) is 5. The maximum Gasteiger partial charge on any atom is 0.341 e. The summed E-state index contributed by atoms with van der Waals surface area (Å²) in [5, 5.41) is 0. The van der Waals surface area contributed by atoms with Gasteiger partial charge in [0.15, 0.2) is 5.78 Å². The number of ether oxygens (including phenoxy) is 2. The van der Waals surface area contributed by atoms with Crippen LogP contribution in [0.15, 0.2) is 35.9 Å². The summed E-state index contributed by atoms with van der Waals surface area (Å²) >= 11 is 0. The summed E-state index contributed by atoms with van der Waals surface area (Å²) in [6.07, 6.45) is 1.94. The van der Waals surface area contributed by atoms with Crippen LogP contribution in [0.4, 0.5) is 0 Å². The molecule has 0 unspecified atom stereocenters. The van der Waals surface area contributed by atoms with Crippen LogP contribution >= 0.6 is 0 Å². The molecule has 0 aliphatic rings. The molecule has 0 bridgehead atoms. The van der Waals surface area contributed by atoms with Gasteiger partial charge in [-0.1, -0.05) is 18.2 Å². The van der Waals surface area contributed by atoms with Crippen LogP contribution < -0.4 is 0 Å². The molecule has 0 radical (unpaired) electrons. The summed E-state index contributed by atoms with van der Waals surface area (Å²) in [5.41, 5.74) is 1.37. The largest absolute Gasteiger partial charge is 0.462 e. The molecule has 22 heavy (non-hydrogen) atoms. The zero-order chi connectivity index (χ0) is 16.5. The molecule has 1 rings (SSSR count). The molecule has 0 amide bonds. The zero-order valence-electron chi connectivity index (χ0n) is 13.0. The molecule has 0 atom stereocenters. The normalized spacial score (nSPS) is 11.0. The summed E-state index contributed by atoms with van der Waals surface area (Å²) in [4.78, 5) is 34.6. The van der Waals surface area contributed by atoms with Crippen molar-refractivity contribution in [2.24, 2.45) is 0 Å². The number of hydrogen-bond donors (Lipinski definition) is 0. The van der Waals surface area contributed by atoms with Gasteiger partial charge in [0.25, 0.3) is 0 Å². The van der Waals surface area contributed by atoms with E-state index in [1.807, 2.05) is 0 Å². The second kappa shape index (κ2) is 8.77. The summed E-state index contributed by atoms with van der Waals surface area (Å²) in [6.45, 7) is 5.30. The maximum absolute atomic E-state index is 11.6. The molecule has 0 spiro atoms. The van der Waals surface area contributed by atoms with Gasteiger partial charge in [-0.25, -0.2) is 9.59 Å². The predicted molar refractivity (Wildman–Crippen MR) is 81.5 cm³/mol. The van der Waals surface area contributed by atoms with Gasteiger partial charge in [0.05, 0.1) is 24.4 Å². The Balaban J connectivity index is 2.81. The Morgan fingerprint density at radius 3 is 2.09 bits per heavy atom. The second-order valence-corrected chi connectivity index (χ2v) is 4.52. The van der Waals surface area contributed by atoms with Crippen molar-refractivity contribution >= 4 is 17.7 Å². The molecule has 1 aromatic rings. The van der Waals surface area contributed by atoms with Crippen LogP contribution in [0.1, 0.15) is 36.7 Å². The molecule has 5 heteroatoms. The van der Waals surface area contributed by atoms with Crippen LogP contribution in [0.2, 0.25) is 0 Å². The fourth-order valence-electron chi connectivity index (χ4n) is 1.79. The summed E-state index contributed by atoms with van der Waals surface area (Å²) in [5.74, 6) is -1.32. The van der Waals surface area contributed by atoms with Gasteiger partial charge in [0.2, 0.25) is 0 Å². The Morgan fingerprint density at radius 2 is 1.59 bits per heavy atom. The van der Waals surface area contributed by atoms with Gasteiger partial charge in [-0.05, 0) is 44.9 Å². The van der Waals surface area contributed by atoms with E-state index in [9.17, 15) is 14.4 Å². The standard InChI is InChI=1S/C17H20O5/c1-4-21-16(19)14-9-6-13(7-10-14)8-11-15(12(3)18)17(20)22-5-2/h6-7,9-11H,4-5,8H2,1-3H3/b15-11+. The maximum atomic E-state index is 11.6. The molecule has 0 saturated heterocycles. The van der Waals surface area contributed by atoms with Crippen molar-refractivity contribution < 1.29 is 23.9 Å². The Labute approximate surface area is 129 Å². The third-order valence-corrected chi connectivity index (χ3v) is 2.88. The van der Waals surface area contributed by atoms with Gasteiger partial charge in [-0.15, -0.1) is 0 Å². The first-order chi connectivity index (χ1) is 10.5. The van der Waals surface area contributed by atoms with Crippen LogP contribution in [-0.4, -0.2) is 30.9 Å². The summed E-state index contributed by atoms with van der Waals surface area (Å²) in [7, 11) is 0. The molecule has 0 N–H and O–H groups in total. The minimum atomic E-state index is -0.613. The van der Waals surface area contributed by atoms with Gasteiger partial charge < -0.3 is 9.47 Å². The van der Waals surface area contributed by atoms with E-state index in [1.54, 1.807) is 44.2 Å². The lowest BCUT2D eigenvalue weighted by Gasteiger charge is -2.05. The number of Topliss-reactive ketones (excluding diaryl/α,β-unsaturated/α-hetero) is 1. The lowest BCUT2D eigenvalue weighted by Crippen LogP contribution is -2.14. The predicted octanol–water partition coefficient (Wildman–Crippen LogP) is 2.48. The van der Waals surface area contributed by atoms with Crippen molar-refractivity contribution in [3.63, 3.8) is 0 Å². The number of ketones is 1. The first-order valence-electron chi connectivity index (χ1n) is 7.13. The molecule has 0 aliphatic carbocycles. The van der Waals surface area contributed by atoms with Gasteiger partial charge in [0.1, 0.15) is 0 Å². The fourth-order valence-corrected chi connectivity index (χ4v) is 1.79. The van der Waals surface area contributed by atoms with E-state index in [0.717, 1.165) is 5.56 Å². The molecular formula is C17H20O5. The highest BCUT2D eigenvalue weighted by atomic mass is 16.5. The number of rotatable bonds is 7. The average molecular weight is 304 g/mol. The van der Waals surface area contributed by atoms with Crippen LogP contribution in [0.5, 0.6) is 0 Å². The van der Waals surface area contributed by atoms with Crippen LogP contribution in [0.25, 0.3) is 0 Å². The summed E-state index contributed by atoms with van der Waals surface area (Å²) in [6, 6.07) is 6.81. The van der Waals surface area contributed by atoms with Crippen LogP contribution in [0.3, 0.4) is 0 Å². The number of carbonyl (C=O) groups is 3. The van der Waals surface area contributed by atoms with Crippen molar-refractivity contribution in [3.05, 3.63) is 47.0 Å². The molecule has 1 aromatic carbocycles. The average Bonchev–Trinajstić information content (AvgIpc) is 2.48. The lowest BCUT2D eigenvalue weighted by atomic mass is 10.1. The molecule has 0 aromatic heterocycles. The van der Waals surface area contributed by atoms with E-state index in [0.29, 0.717) is 18.6 Å². The molecular weight excluding hydrogens is 284 g/mol. The van der Waals surface area contributed by atoms with Gasteiger partial charge in [0, 0.05) is 0 Å². The Kier molecular flexibility index (Phi) is 7.02. The van der Waals surface area contributed by atoms with E-state index in [4.69, 9.17) is 9.47 Å². The topological polar surface area (TPSA) is 69.7 Å². The minimum Gasteiger partial charge on any atom is -0.462 e. The third kappa shape index (κ3) is 5.16. The van der Waals surface area contributed by atoms with Crippen molar-refractivity contribution in [1.29, 1.82) is 0 Å². The number of allylic oxidation sites excluding steroid dienone is 1. The van der Waals surface area contributed by atoms with E-state index in [-0.39, 0.29) is 23.9 Å². The van der Waals surface area contributed by atoms with Crippen molar-refractivity contribution in [1.82, 2.24) is 0 Å². The molecule has 0 saturated carbocycles. The van der Waals surface area contributed by atoms with Crippen LogP contribution in [0, 0.1) is 0 Å². The first kappa shape index (κ1) is 17.6. The number of carbonyl (C=O) groups excluding carboxylic acids is 3. The van der Waals surface area contributed by atoms with Gasteiger partial charge >= 0.3 is 11.9 Å². The quantitative estimate of drug-likeness (QED) is 0.335. The number of benzene rings is 1. The van der Waals surface area contributed by atoms with E-state index < -0.39 is 5.97 Å². The van der Waals surface area contributed by atoms with Gasteiger partial charge in [-0.3, -0.25) is 4.79 Å². The fraction of sp³-hybridized carbons (Fsp3) is 0.353. The van der Waals surface area contributed by atoms with Crippen molar-refractivity contribution in [2.75, 3.05) is 13.2 Å². The van der Waals surface area contributed by atoms with Gasteiger partial charge in [-0.2, -0.15) is 0 Å². The Hall–Kier alpha value is -2.43. The Bertz CT molecular complexity index is 569. The molecule has 118 valence electrons. The minimum absolute atomic E-state index is 0.0383. The second-order valence-electron chi connectivity index (χ2n) is 4.52. The number of esters is 2. The highest BCUT2D eigenvalue weighted by molar-refractivity contribution is 6.16. The first-order valence-corrected chi connectivity index (χ1v) is 7.13. The monoisotopic (exact) mass is 304 g/mol. The smallest absolute Gasteiger partial charge is 0.341 e. The van der Waals surface area contributed by atoms with Crippen LogP contribution in [-0.2, 0) is 25.5 Å². The molecule has 5 nitrogen and oxygen atoms in total. The molecule has 0 heterocycles. The van der Waals surface area contributed by atoms with E-state index in [1.165, 1.54) is 6.92 Å². The highest BCUT2D eigenvalue weighted by Crippen LogP contribution is 2.09.